The fourth-order valence-corrected chi connectivity index (χ4v) is 1.89. The normalized spacial score (nSPS) is 12.1. The van der Waals surface area contributed by atoms with Gasteiger partial charge in [0.05, 0.1) is 13.2 Å². The number of methoxy groups -OCH3 is 1. The van der Waals surface area contributed by atoms with E-state index in [1.807, 2.05) is 24.5 Å². The summed E-state index contributed by atoms with van der Waals surface area (Å²) in [4.78, 5) is 8.14. The summed E-state index contributed by atoms with van der Waals surface area (Å²) < 4.78 is 5.17. The van der Waals surface area contributed by atoms with Crippen molar-refractivity contribution in [2.75, 3.05) is 13.7 Å². The van der Waals surface area contributed by atoms with Gasteiger partial charge in [0.1, 0.15) is 12.1 Å². The second kappa shape index (κ2) is 6.12. The third-order valence-electron chi connectivity index (χ3n) is 2.77. The van der Waals surface area contributed by atoms with E-state index in [-0.39, 0.29) is 6.04 Å². The number of hydrogen-bond acceptors (Lipinski definition) is 4. The van der Waals surface area contributed by atoms with Crippen LogP contribution in [-0.4, -0.2) is 23.6 Å². The van der Waals surface area contributed by atoms with Gasteiger partial charge in [-0.3, -0.25) is 0 Å². The lowest BCUT2D eigenvalue weighted by molar-refractivity contribution is 0.414. The van der Waals surface area contributed by atoms with Crippen LogP contribution in [0.25, 0.3) is 0 Å². The molecular weight excluding hydrogens is 226 g/mol. The minimum Gasteiger partial charge on any atom is -0.497 e. The summed E-state index contributed by atoms with van der Waals surface area (Å²) in [6, 6.07) is 8.15. The minimum absolute atomic E-state index is 0.113. The number of rotatable bonds is 5. The highest BCUT2D eigenvalue weighted by Crippen LogP contribution is 2.22. The molecule has 1 heterocycles. The van der Waals surface area contributed by atoms with Crippen LogP contribution in [0.4, 0.5) is 0 Å². The highest BCUT2D eigenvalue weighted by Gasteiger charge is 2.13. The molecule has 0 amide bonds. The van der Waals surface area contributed by atoms with Crippen molar-refractivity contribution in [1.82, 2.24) is 15.3 Å². The van der Waals surface area contributed by atoms with Gasteiger partial charge >= 0.3 is 0 Å². The summed E-state index contributed by atoms with van der Waals surface area (Å²) in [6.45, 7) is 2.96. The van der Waals surface area contributed by atoms with Gasteiger partial charge in [0, 0.05) is 18.0 Å². The van der Waals surface area contributed by atoms with Gasteiger partial charge in [0.25, 0.3) is 0 Å². The lowest BCUT2D eigenvalue weighted by Crippen LogP contribution is -2.22. The summed E-state index contributed by atoms with van der Waals surface area (Å²) in [5.41, 5.74) is 2.23. The first-order chi connectivity index (χ1) is 8.85. The van der Waals surface area contributed by atoms with Crippen molar-refractivity contribution < 1.29 is 4.74 Å². The molecule has 1 aromatic heterocycles. The average molecular weight is 243 g/mol. The zero-order valence-corrected chi connectivity index (χ0v) is 10.6. The van der Waals surface area contributed by atoms with E-state index in [1.165, 1.54) is 5.56 Å². The van der Waals surface area contributed by atoms with Crippen molar-refractivity contribution >= 4 is 0 Å². The van der Waals surface area contributed by atoms with Crippen molar-refractivity contribution in [3.05, 3.63) is 54.1 Å². The lowest BCUT2D eigenvalue weighted by Gasteiger charge is -2.18. The number of benzene rings is 1. The smallest absolute Gasteiger partial charge is 0.118 e. The number of hydrogen-bond donors (Lipinski definition) is 1. The SMILES string of the molecule is CCNC(c1ccc(OC)cc1)c1cncnc1. The Morgan fingerprint density at radius 1 is 1.11 bits per heavy atom. The van der Waals surface area contributed by atoms with E-state index in [9.17, 15) is 0 Å². The van der Waals surface area contributed by atoms with Gasteiger partial charge in [-0.2, -0.15) is 0 Å². The summed E-state index contributed by atoms with van der Waals surface area (Å²) in [5, 5.41) is 3.43. The Balaban J connectivity index is 2.29. The first-order valence-corrected chi connectivity index (χ1v) is 5.97. The molecule has 1 aromatic carbocycles. The number of aromatic nitrogens is 2. The van der Waals surface area contributed by atoms with Crippen molar-refractivity contribution in [1.29, 1.82) is 0 Å². The Bertz CT molecular complexity index is 470. The lowest BCUT2D eigenvalue weighted by atomic mass is 10.0. The molecule has 1 N–H and O–H groups in total. The largest absolute Gasteiger partial charge is 0.497 e. The van der Waals surface area contributed by atoms with Crippen LogP contribution in [0.5, 0.6) is 5.75 Å². The highest BCUT2D eigenvalue weighted by molar-refractivity contribution is 5.33. The van der Waals surface area contributed by atoms with E-state index in [0.29, 0.717) is 0 Å². The van der Waals surface area contributed by atoms with E-state index in [2.05, 4.69) is 34.3 Å². The number of nitrogens with one attached hydrogen (secondary N) is 1. The van der Waals surface area contributed by atoms with Crippen molar-refractivity contribution in [3.8, 4) is 5.75 Å². The van der Waals surface area contributed by atoms with E-state index < -0.39 is 0 Å². The van der Waals surface area contributed by atoms with Gasteiger partial charge in [0.2, 0.25) is 0 Å². The van der Waals surface area contributed by atoms with E-state index in [1.54, 1.807) is 13.4 Å². The Kier molecular flexibility index (Phi) is 4.25. The van der Waals surface area contributed by atoms with Gasteiger partial charge in [-0.25, -0.2) is 9.97 Å². The molecular formula is C14H17N3O. The monoisotopic (exact) mass is 243 g/mol. The molecule has 0 aliphatic carbocycles. The summed E-state index contributed by atoms with van der Waals surface area (Å²) in [5.74, 6) is 0.860. The van der Waals surface area contributed by atoms with Gasteiger partial charge < -0.3 is 10.1 Å². The van der Waals surface area contributed by atoms with Crippen molar-refractivity contribution in [2.24, 2.45) is 0 Å². The van der Waals surface area contributed by atoms with Gasteiger partial charge in [-0.1, -0.05) is 19.1 Å². The molecule has 0 aliphatic rings. The Morgan fingerprint density at radius 3 is 2.33 bits per heavy atom. The summed E-state index contributed by atoms with van der Waals surface area (Å²) >= 11 is 0. The molecule has 0 fully saturated rings. The predicted octanol–water partition coefficient (Wildman–Crippen LogP) is 2.18. The second-order valence-corrected chi connectivity index (χ2v) is 3.94. The highest BCUT2D eigenvalue weighted by atomic mass is 16.5. The predicted molar refractivity (Wildman–Crippen MR) is 70.5 cm³/mol. The fourth-order valence-electron chi connectivity index (χ4n) is 1.89. The zero-order chi connectivity index (χ0) is 12.8. The molecule has 0 bridgehead atoms. The van der Waals surface area contributed by atoms with Crippen LogP contribution in [-0.2, 0) is 0 Å². The molecule has 94 valence electrons. The molecule has 2 rings (SSSR count). The van der Waals surface area contributed by atoms with E-state index in [4.69, 9.17) is 4.74 Å². The maximum atomic E-state index is 5.17. The maximum absolute atomic E-state index is 5.17. The van der Waals surface area contributed by atoms with Crippen LogP contribution in [0.3, 0.4) is 0 Å². The van der Waals surface area contributed by atoms with Crippen LogP contribution in [0, 0.1) is 0 Å². The molecule has 2 aromatic rings. The van der Waals surface area contributed by atoms with Gasteiger partial charge in [-0.15, -0.1) is 0 Å². The topological polar surface area (TPSA) is 47.0 Å². The third kappa shape index (κ3) is 2.84. The number of ether oxygens (including phenoxy) is 1. The molecule has 4 nitrogen and oxygen atoms in total. The van der Waals surface area contributed by atoms with Crippen LogP contribution < -0.4 is 10.1 Å². The standard InChI is InChI=1S/C14H17N3O/c1-3-17-14(12-8-15-10-16-9-12)11-4-6-13(18-2)7-5-11/h4-10,14,17H,3H2,1-2H3. The van der Waals surface area contributed by atoms with Crippen LogP contribution >= 0.6 is 0 Å². The molecule has 1 atom stereocenters. The van der Waals surface area contributed by atoms with E-state index >= 15 is 0 Å². The fraction of sp³-hybridized carbons (Fsp3) is 0.286. The molecule has 0 saturated carbocycles. The van der Waals surface area contributed by atoms with Crippen molar-refractivity contribution in [3.63, 3.8) is 0 Å². The Hall–Kier alpha value is -1.94. The van der Waals surface area contributed by atoms with Crippen LogP contribution in [0.2, 0.25) is 0 Å². The first-order valence-electron chi connectivity index (χ1n) is 5.97. The molecule has 1 unspecified atom stereocenters. The maximum Gasteiger partial charge on any atom is 0.118 e. The minimum atomic E-state index is 0.113. The second-order valence-electron chi connectivity index (χ2n) is 3.94. The first kappa shape index (κ1) is 12.5. The molecule has 4 heteroatoms. The Labute approximate surface area is 107 Å². The molecule has 0 aliphatic heterocycles. The average Bonchev–Trinajstić information content (AvgIpc) is 2.46. The van der Waals surface area contributed by atoms with Gasteiger partial charge in [0.15, 0.2) is 0 Å². The quantitative estimate of drug-likeness (QED) is 0.874. The van der Waals surface area contributed by atoms with Crippen molar-refractivity contribution in [2.45, 2.75) is 13.0 Å². The van der Waals surface area contributed by atoms with Gasteiger partial charge in [-0.05, 0) is 24.2 Å². The molecule has 0 saturated heterocycles. The third-order valence-corrected chi connectivity index (χ3v) is 2.77. The number of nitrogens with zero attached hydrogens (tertiary/aromatic N) is 2. The summed E-state index contributed by atoms with van der Waals surface area (Å²) in [7, 11) is 1.67. The zero-order valence-electron chi connectivity index (χ0n) is 10.6. The molecule has 0 spiro atoms. The summed E-state index contributed by atoms with van der Waals surface area (Å²) in [6.07, 6.45) is 5.22. The van der Waals surface area contributed by atoms with Crippen LogP contribution in [0.1, 0.15) is 24.1 Å². The van der Waals surface area contributed by atoms with Crippen LogP contribution in [0.15, 0.2) is 43.0 Å². The molecule has 0 radical (unpaired) electrons. The molecule has 18 heavy (non-hydrogen) atoms. The van der Waals surface area contributed by atoms with E-state index in [0.717, 1.165) is 17.9 Å². The Morgan fingerprint density at radius 2 is 1.78 bits per heavy atom.